The molecule has 0 heterocycles. The monoisotopic (exact) mass is 255 g/mol. The minimum atomic E-state index is -0.485. The standard InChI is InChI=1S/C13H21NO4/c1-16-10-11(15)9-14-7-8-18-13-6-4-3-5-12(13)17-2/h3-6,11,14-15H,7-10H2,1-2H3/t11-/m1/s1. The predicted molar refractivity (Wildman–Crippen MR) is 69.2 cm³/mol. The van der Waals surface area contributed by atoms with Crippen LogP contribution >= 0.6 is 0 Å². The average Bonchev–Trinajstić information content (AvgIpc) is 2.39. The van der Waals surface area contributed by atoms with Gasteiger partial charge in [0.2, 0.25) is 0 Å². The first-order valence-electron chi connectivity index (χ1n) is 5.91. The van der Waals surface area contributed by atoms with E-state index in [4.69, 9.17) is 14.2 Å². The van der Waals surface area contributed by atoms with Gasteiger partial charge in [0.05, 0.1) is 19.8 Å². The highest BCUT2D eigenvalue weighted by Gasteiger charge is 2.03. The molecule has 1 aromatic rings. The molecular weight excluding hydrogens is 234 g/mol. The number of para-hydroxylation sites is 2. The van der Waals surface area contributed by atoms with Gasteiger partial charge in [-0.3, -0.25) is 0 Å². The summed E-state index contributed by atoms with van der Waals surface area (Å²) < 4.78 is 15.6. The van der Waals surface area contributed by atoms with Crippen molar-refractivity contribution >= 4 is 0 Å². The molecule has 18 heavy (non-hydrogen) atoms. The van der Waals surface area contributed by atoms with Crippen molar-refractivity contribution in [3.63, 3.8) is 0 Å². The van der Waals surface area contributed by atoms with Gasteiger partial charge in [0, 0.05) is 20.2 Å². The summed E-state index contributed by atoms with van der Waals surface area (Å²) in [5.41, 5.74) is 0. The molecule has 0 saturated carbocycles. The van der Waals surface area contributed by atoms with Crippen molar-refractivity contribution in [1.29, 1.82) is 0 Å². The molecule has 102 valence electrons. The minimum absolute atomic E-state index is 0.334. The smallest absolute Gasteiger partial charge is 0.161 e. The van der Waals surface area contributed by atoms with Crippen molar-refractivity contribution in [2.45, 2.75) is 6.10 Å². The fraction of sp³-hybridized carbons (Fsp3) is 0.538. The molecule has 0 bridgehead atoms. The molecular formula is C13H21NO4. The molecule has 5 heteroatoms. The van der Waals surface area contributed by atoms with Gasteiger partial charge in [-0.25, -0.2) is 0 Å². The number of hydrogen-bond acceptors (Lipinski definition) is 5. The highest BCUT2D eigenvalue weighted by molar-refractivity contribution is 5.39. The Morgan fingerprint density at radius 2 is 1.94 bits per heavy atom. The van der Waals surface area contributed by atoms with Gasteiger partial charge >= 0.3 is 0 Å². The number of nitrogens with one attached hydrogen (secondary N) is 1. The van der Waals surface area contributed by atoms with E-state index in [1.54, 1.807) is 14.2 Å². The van der Waals surface area contributed by atoms with E-state index >= 15 is 0 Å². The molecule has 5 nitrogen and oxygen atoms in total. The summed E-state index contributed by atoms with van der Waals surface area (Å²) in [6.07, 6.45) is -0.485. The van der Waals surface area contributed by atoms with Gasteiger partial charge in [-0.2, -0.15) is 0 Å². The maximum atomic E-state index is 9.40. The Hall–Kier alpha value is -1.30. The lowest BCUT2D eigenvalue weighted by atomic mass is 10.3. The maximum Gasteiger partial charge on any atom is 0.161 e. The molecule has 0 spiro atoms. The summed E-state index contributed by atoms with van der Waals surface area (Å²) in [6, 6.07) is 7.50. The minimum Gasteiger partial charge on any atom is -0.493 e. The lowest BCUT2D eigenvalue weighted by Crippen LogP contribution is -2.32. The number of aliphatic hydroxyl groups is 1. The van der Waals surface area contributed by atoms with Crippen molar-refractivity contribution in [2.24, 2.45) is 0 Å². The Morgan fingerprint density at radius 1 is 1.22 bits per heavy atom. The Morgan fingerprint density at radius 3 is 2.61 bits per heavy atom. The normalized spacial score (nSPS) is 12.2. The SMILES string of the molecule is COC[C@H](O)CNCCOc1ccccc1OC. The Kier molecular flexibility index (Phi) is 7.17. The van der Waals surface area contributed by atoms with Gasteiger partial charge in [0.1, 0.15) is 6.61 Å². The molecule has 0 aliphatic carbocycles. The molecule has 0 radical (unpaired) electrons. The largest absolute Gasteiger partial charge is 0.493 e. The van der Waals surface area contributed by atoms with Crippen LogP contribution in [0.4, 0.5) is 0 Å². The Balaban J connectivity index is 2.17. The van der Waals surface area contributed by atoms with E-state index in [2.05, 4.69) is 5.32 Å². The highest BCUT2D eigenvalue weighted by atomic mass is 16.5. The summed E-state index contributed by atoms with van der Waals surface area (Å²) in [4.78, 5) is 0. The zero-order chi connectivity index (χ0) is 13.2. The van der Waals surface area contributed by atoms with Crippen LogP contribution in [0.2, 0.25) is 0 Å². The van der Waals surface area contributed by atoms with E-state index < -0.39 is 6.10 Å². The second-order valence-electron chi connectivity index (χ2n) is 3.81. The summed E-state index contributed by atoms with van der Waals surface area (Å²) in [7, 11) is 3.18. The average molecular weight is 255 g/mol. The van der Waals surface area contributed by atoms with Crippen LogP contribution in [-0.4, -0.2) is 51.7 Å². The summed E-state index contributed by atoms with van der Waals surface area (Å²) in [5, 5.41) is 12.5. The molecule has 1 atom stereocenters. The maximum absolute atomic E-state index is 9.40. The summed E-state index contributed by atoms with van der Waals surface area (Å²) >= 11 is 0. The fourth-order valence-electron chi connectivity index (χ4n) is 1.49. The molecule has 0 fully saturated rings. The van der Waals surface area contributed by atoms with Crippen LogP contribution in [0.1, 0.15) is 0 Å². The number of hydrogen-bond donors (Lipinski definition) is 2. The van der Waals surface area contributed by atoms with Gasteiger partial charge in [-0.1, -0.05) is 12.1 Å². The number of methoxy groups -OCH3 is 2. The number of ether oxygens (including phenoxy) is 3. The van der Waals surface area contributed by atoms with Crippen molar-refractivity contribution in [3.8, 4) is 11.5 Å². The van der Waals surface area contributed by atoms with Crippen molar-refractivity contribution in [2.75, 3.05) is 40.5 Å². The van der Waals surface area contributed by atoms with E-state index in [-0.39, 0.29) is 0 Å². The molecule has 0 aromatic heterocycles. The zero-order valence-corrected chi connectivity index (χ0v) is 10.9. The first-order valence-corrected chi connectivity index (χ1v) is 5.91. The number of benzene rings is 1. The van der Waals surface area contributed by atoms with Crippen LogP contribution in [0.3, 0.4) is 0 Å². The molecule has 0 unspecified atom stereocenters. The van der Waals surface area contributed by atoms with Gasteiger partial charge in [-0.05, 0) is 12.1 Å². The molecule has 0 aliphatic heterocycles. The Labute approximate surface area is 108 Å². The summed E-state index contributed by atoms with van der Waals surface area (Å²) in [5.74, 6) is 1.44. The lowest BCUT2D eigenvalue weighted by Gasteiger charge is -2.12. The van der Waals surface area contributed by atoms with Gasteiger partial charge < -0.3 is 24.6 Å². The van der Waals surface area contributed by atoms with Crippen LogP contribution in [0.25, 0.3) is 0 Å². The quantitative estimate of drug-likeness (QED) is 0.635. The Bertz CT molecular complexity index is 333. The van der Waals surface area contributed by atoms with Crippen LogP contribution in [0.5, 0.6) is 11.5 Å². The topological polar surface area (TPSA) is 60.0 Å². The van der Waals surface area contributed by atoms with Crippen LogP contribution in [-0.2, 0) is 4.74 Å². The number of aliphatic hydroxyl groups excluding tert-OH is 1. The number of rotatable bonds is 9. The first-order chi connectivity index (χ1) is 8.77. The fourth-order valence-corrected chi connectivity index (χ4v) is 1.49. The van der Waals surface area contributed by atoms with Gasteiger partial charge in [0.15, 0.2) is 11.5 Å². The third kappa shape index (κ3) is 5.35. The molecule has 0 aliphatic rings. The van der Waals surface area contributed by atoms with Crippen molar-refractivity contribution < 1.29 is 19.3 Å². The van der Waals surface area contributed by atoms with Crippen LogP contribution < -0.4 is 14.8 Å². The predicted octanol–water partition coefficient (Wildman–Crippen LogP) is 0.671. The third-order valence-corrected chi connectivity index (χ3v) is 2.34. The van der Waals surface area contributed by atoms with Crippen LogP contribution in [0.15, 0.2) is 24.3 Å². The highest BCUT2D eigenvalue weighted by Crippen LogP contribution is 2.25. The second kappa shape index (κ2) is 8.74. The van der Waals surface area contributed by atoms with Crippen LogP contribution in [0, 0.1) is 0 Å². The lowest BCUT2D eigenvalue weighted by molar-refractivity contribution is 0.0641. The van der Waals surface area contributed by atoms with Gasteiger partial charge in [0.25, 0.3) is 0 Å². The van der Waals surface area contributed by atoms with Crippen molar-refractivity contribution in [1.82, 2.24) is 5.32 Å². The zero-order valence-electron chi connectivity index (χ0n) is 10.9. The van der Waals surface area contributed by atoms with E-state index in [0.29, 0.717) is 26.3 Å². The molecule has 1 rings (SSSR count). The summed E-state index contributed by atoms with van der Waals surface area (Å²) in [6.45, 7) is 1.99. The first kappa shape index (κ1) is 14.8. The van der Waals surface area contributed by atoms with E-state index in [9.17, 15) is 5.11 Å². The van der Waals surface area contributed by atoms with E-state index in [1.807, 2.05) is 24.3 Å². The van der Waals surface area contributed by atoms with Gasteiger partial charge in [-0.15, -0.1) is 0 Å². The van der Waals surface area contributed by atoms with Crippen molar-refractivity contribution in [3.05, 3.63) is 24.3 Å². The second-order valence-corrected chi connectivity index (χ2v) is 3.81. The van der Waals surface area contributed by atoms with E-state index in [1.165, 1.54) is 0 Å². The molecule has 0 amide bonds. The van der Waals surface area contributed by atoms with E-state index in [0.717, 1.165) is 11.5 Å². The molecule has 2 N–H and O–H groups in total. The molecule has 1 aromatic carbocycles. The molecule has 0 saturated heterocycles. The third-order valence-electron chi connectivity index (χ3n) is 2.34.